The van der Waals surface area contributed by atoms with Gasteiger partial charge in [-0.2, -0.15) is 0 Å². The molecule has 0 aromatic carbocycles. The molecule has 1 N–H and O–H groups in total. The van der Waals surface area contributed by atoms with Crippen molar-refractivity contribution in [2.75, 3.05) is 26.0 Å². The molecule has 11 heteroatoms. The van der Waals surface area contributed by atoms with Crippen molar-refractivity contribution in [3.63, 3.8) is 0 Å². The number of urea groups is 1. The van der Waals surface area contributed by atoms with Crippen LogP contribution in [-0.4, -0.2) is 81.8 Å². The Morgan fingerprint density at radius 3 is 2.72 bits per heavy atom. The molecule has 10 nitrogen and oxygen atoms in total. The molecule has 0 spiro atoms. The van der Waals surface area contributed by atoms with Crippen LogP contribution in [0.25, 0.3) is 0 Å². The van der Waals surface area contributed by atoms with Crippen LogP contribution in [0.1, 0.15) is 35.6 Å². The molecule has 0 saturated carbocycles. The highest BCUT2D eigenvalue weighted by molar-refractivity contribution is 7.17. The molecule has 1 aromatic heterocycles. The van der Waals surface area contributed by atoms with Gasteiger partial charge in [-0.1, -0.05) is 25.2 Å². The van der Waals surface area contributed by atoms with Crippen LogP contribution in [0.3, 0.4) is 0 Å². The summed E-state index contributed by atoms with van der Waals surface area (Å²) in [4.78, 5) is 60.8. The number of amides is 4. The van der Waals surface area contributed by atoms with Crippen molar-refractivity contribution in [1.29, 1.82) is 0 Å². The van der Waals surface area contributed by atoms with Gasteiger partial charge in [-0.05, 0) is 16.8 Å². The fourth-order valence-electron chi connectivity index (χ4n) is 3.77. The lowest BCUT2D eigenvalue weighted by Gasteiger charge is -2.30. The maximum atomic E-state index is 12.6. The van der Waals surface area contributed by atoms with E-state index in [4.69, 9.17) is 0 Å². The minimum absolute atomic E-state index is 0.0451. The molecule has 29 heavy (non-hydrogen) atoms. The predicted octanol–water partition coefficient (Wildman–Crippen LogP) is 0.582. The Kier molecular flexibility index (Phi) is 4.37. The SMILES string of the molecule is CN1C(=O)C2C(=NC=[N+]2CC(=O)Nc2nc3c(s2)C(=O)CC(C)(C)C3)N(C)C1=O. The zero-order valence-corrected chi connectivity index (χ0v) is 17.4. The molecule has 1 saturated heterocycles. The number of hydrogen-bond donors (Lipinski definition) is 1. The summed E-state index contributed by atoms with van der Waals surface area (Å²) < 4.78 is 1.48. The van der Waals surface area contributed by atoms with Crippen LogP contribution < -0.4 is 5.32 Å². The van der Waals surface area contributed by atoms with Crippen LogP contribution in [0, 0.1) is 5.41 Å². The molecule has 3 aliphatic rings. The van der Waals surface area contributed by atoms with Gasteiger partial charge < -0.3 is 0 Å². The second-order valence-corrected chi connectivity index (χ2v) is 9.20. The third-order valence-corrected chi connectivity index (χ3v) is 6.26. The summed E-state index contributed by atoms with van der Waals surface area (Å²) in [6.45, 7) is 3.90. The Labute approximate surface area is 170 Å². The molecule has 1 atom stereocenters. The number of carbonyl (C=O) groups excluding carboxylic acids is 4. The van der Waals surface area contributed by atoms with Crippen molar-refractivity contribution in [1.82, 2.24) is 14.8 Å². The van der Waals surface area contributed by atoms with Gasteiger partial charge in [0.25, 0.3) is 30.0 Å². The summed E-state index contributed by atoms with van der Waals surface area (Å²) >= 11 is 1.18. The second-order valence-electron chi connectivity index (χ2n) is 8.20. The molecule has 1 aromatic rings. The molecular formula is C18H21N6O4S+. The maximum Gasteiger partial charge on any atom is 0.333 e. The maximum absolute atomic E-state index is 12.6. The minimum Gasteiger partial charge on any atom is -0.299 e. The predicted molar refractivity (Wildman–Crippen MR) is 106 cm³/mol. The van der Waals surface area contributed by atoms with Gasteiger partial charge >= 0.3 is 6.03 Å². The number of aliphatic imine (C=N–C) groups is 1. The first-order chi connectivity index (χ1) is 13.6. The van der Waals surface area contributed by atoms with E-state index in [1.165, 1.54) is 41.2 Å². The molecule has 4 amide bonds. The first-order valence-corrected chi connectivity index (χ1v) is 9.94. The smallest absolute Gasteiger partial charge is 0.299 e. The van der Waals surface area contributed by atoms with Crippen LogP contribution in [0.4, 0.5) is 9.93 Å². The molecule has 1 fully saturated rings. The Morgan fingerprint density at radius 1 is 1.28 bits per heavy atom. The number of anilines is 1. The quantitative estimate of drug-likeness (QED) is 0.723. The molecule has 1 aliphatic carbocycles. The zero-order chi connectivity index (χ0) is 21.1. The van der Waals surface area contributed by atoms with Gasteiger partial charge in [-0.15, -0.1) is 0 Å². The summed E-state index contributed by atoms with van der Waals surface area (Å²) in [6.07, 6.45) is 2.53. The third kappa shape index (κ3) is 3.24. The first-order valence-electron chi connectivity index (χ1n) is 9.12. The molecule has 4 rings (SSSR count). The van der Waals surface area contributed by atoms with Gasteiger partial charge in [-0.3, -0.25) is 29.5 Å². The van der Waals surface area contributed by atoms with Crippen LogP contribution in [0.15, 0.2) is 4.99 Å². The Bertz CT molecular complexity index is 1020. The lowest BCUT2D eigenvalue weighted by atomic mass is 9.78. The van der Waals surface area contributed by atoms with E-state index in [9.17, 15) is 19.2 Å². The van der Waals surface area contributed by atoms with Crippen molar-refractivity contribution >= 4 is 52.3 Å². The fourth-order valence-corrected chi connectivity index (χ4v) is 4.71. The average Bonchev–Trinajstić information content (AvgIpc) is 3.21. The standard InChI is InChI=1S/C18H20N6O4S/c1-18(2)5-9-13(10(25)6-18)29-16(20-9)21-11(26)7-24-8-19-14-12(24)15(27)23(4)17(28)22(14)3/h8,12H,5-7H2,1-4H3/p+1. The number of imide groups is 1. The van der Waals surface area contributed by atoms with Gasteiger partial charge in [0, 0.05) is 20.5 Å². The Morgan fingerprint density at radius 2 is 2.00 bits per heavy atom. The third-order valence-electron chi connectivity index (χ3n) is 5.20. The van der Waals surface area contributed by atoms with E-state index < -0.39 is 18.0 Å². The van der Waals surface area contributed by atoms with Crippen molar-refractivity contribution in [2.24, 2.45) is 10.4 Å². The molecule has 0 radical (unpaired) electrons. The van der Waals surface area contributed by atoms with Crippen LogP contribution in [0.5, 0.6) is 0 Å². The zero-order valence-electron chi connectivity index (χ0n) is 16.6. The van der Waals surface area contributed by atoms with E-state index >= 15 is 0 Å². The fraction of sp³-hybridized carbons (Fsp3) is 0.500. The number of aromatic nitrogens is 1. The van der Waals surface area contributed by atoms with Gasteiger partial charge in [0.2, 0.25) is 0 Å². The van der Waals surface area contributed by atoms with Gasteiger partial charge in [0.05, 0.1) is 10.6 Å². The number of hydrogen-bond acceptors (Lipinski definition) is 7. The Hall–Kier alpha value is -2.95. The number of rotatable bonds is 3. The summed E-state index contributed by atoms with van der Waals surface area (Å²) in [5.41, 5.74) is 0.572. The van der Waals surface area contributed by atoms with E-state index in [-0.39, 0.29) is 23.7 Å². The van der Waals surface area contributed by atoms with Crippen molar-refractivity contribution in [3.8, 4) is 0 Å². The average molecular weight is 417 g/mol. The molecule has 3 heterocycles. The molecule has 1 unspecified atom stereocenters. The largest absolute Gasteiger partial charge is 0.333 e. The number of amidine groups is 1. The van der Waals surface area contributed by atoms with E-state index in [0.717, 1.165) is 4.90 Å². The normalized spacial score (nSPS) is 22.9. The van der Waals surface area contributed by atoms with E-state index in [0.29, 0.717) is 34.4 Å². The summed E-state index contributed by atoms with van der Waals surface area (Å²) in [6, 6.07) is -1.29. The number of Topliss-reactive ketones (excluding diaryl/α,β-unsaturated/α-hetero) is 1. The Balaban J connectivity index is 1.46. The van der Waals surface area contributed by atoms with Crippen molar-refractivity contribution in [2.45, 2.75) is 32.7 Å². The number of likely N-dealkylation sites (N-methyl/N-ethyl adjacent to an activating group) is 2. The van der Waals surface area contributed by atoms with Crippen LogP contribution in [-0.2, 0) is 16.0 Å². The summed E-state index contributed by atoms with van der Waals surface area (Å²) in [5.74, 6) is -0.483. The van der Waals surface area contributed by atoms with Gasteiger partial charge in [-0.25, -0.2) is 14.4 Å². The lowest BCUT2D eigenvalue weighted by Crippen LogP contribution is -2.61. The number of nitrogens with one attached hydrogen (secondary N) is 1. The van der Waals surface area contributed by atoms with Crippen molar-refractivity contribution < 1.29 is 23.8 Å². The summed E-state index contributed by atoms with van der Waals surface area (Å²) in [5, 5.41) is 3.08. The second kappa shape index (κ2) is 6.55. The monoisotopic (exact) mass is 417 g/mol. The van der Waals surface area contributed by atoms with Crippen LogP contribution in [0.2, 0.25) is 0 Å². The van der Waals surface area contributed by atoms with E-state index in [1.807, 2.05) is 13.8 Å². The number of fused-ring (bicyclic) bond motifs is 2. The topological polar surface area (TPSA) is 115 Å². The molecule has 2 aliphatic heterocycles. The number of nitrogens with zero attached hydrogens (tertiary/aromatic N) is 5. The number of carbonyl (C=O) groups is 4. The molecular weight excluding hydrogens is 396 g/mol. The lowest BCUT2D eigenvalue weighted by molar-refractivity contribution is -0.519. The van der Waals surface area contributed by atoms with Gasteiger partial charge in [0.1, 0.15) is 0 Å². The molecule has 0 bridgehead atoms. The summed E-state index contributed by atoms with van der Waals surface area (Å²) in [7, 11) is 2.93. The first kappa shape index (κ1) is 19.4. The van der Waals surface area contributed by atoms with Gasteiger partial charge in [0.15, 0.2) is 17.5 Å². The van der Waals surface area contributed by atoms with E-state index in [1.54, 1.807) is 0 Å². The van der Waals surface area contributed by atoms with Crippen molar-refractivity contribution in [3.05, 3.63) is 10.6 Å². The highest BCUT2D eigenvalue weighted by Gasteiger charge is 2.50. The van der Waals surface area contributed by atoms with Crippen LogP contribution >= 0.6 is 11.3 Å². The number of thiazole rings is 1. The highest BCUT2D eigenvalue weighted by atomic mass is 32.1. The number of ketones is 1. The highest BCUT2D eigenvalue weighted by Crippen LogP contribution is 2.38. The van der Waals surface area contributed by atoms with E-state index in [2.05, 4.69) is 15.3 Å². The minimum atomic E-state index is -0.819. The molecule has 152 valence electrons.